The van der Waals surface area contributed by atoms with Gasteiger partial charge < -0.3 is 9.47 Å². The van der Waals surface area contributed by atoms with Gasteiger partial charge in [-0.2, -0.15) is 10.5 Å². The third-order valence-corrected chi connectivity index (χ3v) is 2.80. The second kappa shape index (κ2) is 17.4. The molecule has 0 aliphatic heterocycles. The maximum atomic E-state index is 11.4. The summed E-state index contributed by atoms with van der Waals surface area (Å²) in [4.78, 5) is 22.8. The number of hydrogen-bond donors (Lipinski definition) is 0. The quantitative estimate of drug-likeness (QED) is 0.344. The van der Waals surface area contributed by atoms with Crippen LogP contribution in [0.25, 0.3) is 0 Å². The Bertz CT molecular complexity index is 552. The average Bonchev–Trinajstić information content (AvgIpc) is 2.60. The molecule has 6 heteroatoms. The second-order valence-corrected chi connectivity index (χ2v) is 4.91. The van der Waals surface area contributed by atoms with Crippen LogP contribution in [0.1, 0.15) is 57.8 Å². The molecule has 0 aromatic heterocycles. The Labute approximate surface area is 149 Å². The zero-order valence-electron chi connectivity index (χ0n) is 14.3. The third-order valence-electron chi connectivity index (χ3n) is 2.80. The van der Waals surface area contributed by atoms with Crippen LogP contribution in [-0.4, -0.2) is 25.2 Å². The first kappa shape index (κ1) is 22.0. The molecule has 0 unspecified atom stereocenters. The third kappa shape index (κ3) is 17.2. The van der Waals surface area contributed by atoms with Gasteiger partial charge in [-0.05, 0) is 19.3 Å². The fourth-order valence-electron chi connectivity index (χ4n) is 1.55. The largest absolute Gasteiger partial charge is 0.452 e. The molecule has 0 bridgehead atoms. The van der Waals surface area contributed by atoms with Gasteiger partial charge in [0.1, 0.15) is 0 Å². The summed E-state index contributed by atoms with van der Waals surface area (Å²) >= 11 is 0. The van der Waals surface area contributed by atoms with E-state index in [0.717, 1.165) is 0 Å². The van der Waals surface area contributed by atoms with Crippen molar-refractivity contribution < 1.29 is 19.1 Å². The van der Waals surface area contributed by atoms with E-state index in [1.807, 2.05) is 12.1 Å². The molecule has 0 saturated heterocycles. The molecule has 6 nitrogen and oxygen atoms in total. The van der Waals surface area contributed by atoms with Crippen LogP contribution in [0, 0.1) is 46.3 Å². The standard InChI is InChI=1S/C19H22N2O4/c20-14-7-3-1-5-9-16-24-18(22)12-11-13-19(23)25-17-10-6-2-4-8-15-21/h1-4,7-8,11-13,16-17H2. The molecule has 0 aromatic rings. The Morgan fingerprint density at radius 1 is 0.640 bits per heavy atom. The van der Waals surface area contributed by atoms with E-state index in [-0.39, 0.29) is 26.1 Å². The molecule has 0 radical (unpaired) electrons. The first-order valence-corrected chi connectivity index (χ1v) is 8.17. The SMILES string of the molecule is N#CCCCC#CCOC(=O)CCCC(=O)OCC#CCCCC#N. The Balaban J connectivity index is 3.59. The molecular weight excluding hydrogens is 320 g/mol. The summed E-state index contributed by atoms with van der Waals surface area (Å²) in [5.41, 5.74) is 0. The number of ether oxygens (including phenoxy) is 2. The van der Waals surface area contributed by atoms with E-state index in [1.54, 1.807) is 0 Å². The van der Waals surface area contributed by atoms with Gasteiger partial charge in [0, 0.05) is 38.5 Å². The van der Waals surface area contributed by atoms with Crippen molar-refractivity contribution in [3.8, 4) is 35.8 Å². The number of esters is 2. The molecule has 0 N–H and O–H groups in total. The molecule has 0 heterocycles. The van der Waals surface area contributed by atoms with E-state index in [9.17, 15) is 9.59 Å². The predicted octanol–water partition coefficient (Wildman–Crippen LogP) is 2.64. The van der Waals surface area contributed by atoms with Crippen LogP contribution >= 0.6 is 0 Å². The van der Waals surface area contributed by atoms with Crippen molar-refractivity contribution >= 4 is 11.9 Å². The van der Waals surface area contributed by atoms with Crippen LogP contribution in [0.5, 0.6) is 0 Å². The molecule has 0 aliphatic carbocycles. The molecule has 0 fully saturated rings. The van der Waals surface area contributed by atoms with Crippen LogP contribution in [-0.2, 0) is 19.1 Å². The van der Waals surface area contributed by atoms with Gasteiger partial charge in [0.05, 0.1) is 12.1 Å². The summed E-state index contributed by atoms with van der Waals surface area (Å²) < 4.78 is 9.80. The van der Waals surface area contributed by atoms with Gasteiger partial charge in [-0.25, -0.2) is 0 Å². The fraction of sp³-hybridized carbons (Fsp3) is 0.579. The molecule has 0 spiro atoms. The summed E-state index contributed by atoms with van der Waals surface area (Å²) in [5.74, 6) is 10.2. The Morgan fingerprint density at radius 2 is 1.08 bits per heavy atom. The van der Waals surface area contributed by atoms with E-state index in [4.69, 9.17) is 20.0 Å². The molecule has 0 aromatic carbocycles. The minimum absolute atomic E-state index is 0.0250. The van der Waals surface area contributed by atoms with Crippen molar-refractivity contribution in [2.24, 2.45) is 0 Å². The van der Waals surface area contributed by atoms with Crippen LogP contribution in [0.2, 0.25) is 0 Å². The molecule has 0 saturated carbocycles. The van der Waals surface area contributed by atoms with Gasteiger partial charge >= 0.3 is 11.9 Å². The van der Waals surface area contributed by atoms with Crippen molar-refractivity contribution in [2.45, 2.75) is 57.8 Å². The first-order chi connectivity index (χ1) is 12.2. The average molecular weight is 342 g/mol. The van der Waals surface area contributed by atoms with Crippen molar-refractivity contribution in [2.75, 3.05) is 13.2 Å². The highest BCUT2D eigenvalue weighted by molar-refractivity contribution is 5.72. The van der Waals surface area contributed by atoms with Crippen LogP contribution in [0.3, 0.4) is 0 Å². The zero-order valence-corrected chi connectivity index (χ0v) is 14.3. The topological polar surface area (TPSA) is 100 Å². The molecular formula is C19H22N2O4. The van der Waals surface area contributed by atoms with E-state index >= 15 is 0 Å². The Hall–Kier alpha value is -2.96. The molecule has 0 atom stereocenters. The predicted molar refractivity (Wildman–Crippen MR) is 90.2 cm³/mol. The monoisotopic (exact) mass is 342 g/mol. The second-order valence-electron chi connectivity index (χ2n) is 4.91. The van der Waals surface area contributed by atoms with Crippen molar-refractivity contribution in [3.05, 3.63) is 0 Å². The van der Waals surface area contributed by atoms with E-state index in [2.05, 4.69) is 23.7 Å². The number of hydrogen-bond acceptors (Lipinski definition) is 6. The van der Waals surface area contributed by atoms with Crippen molar-refractivity contribution in [3.63, 3.8) is 0 Å². The highest BCUT2D eigenvalue weighted by atomic mass is 16.5. The highest BCUT2D eigenvalue weighted by Crippen LogP contribution is 2.00. The lowest BCUT2D eigenvalue weighted by Gasteiger charge is -2.01. The number of carbonyl (C=O) groups excluding carboxylic acids is 2. The lowest BCUT2D eigenvalue weighted by molar-refractivity contribution is -0.144. The highest BCUT2D eigenvalue weighted by Gasteiger charge is 2.06. The van der Waals surface area contributed by atoms with Crippen molar-refractivity contribution in [1.29, 1.82) is 10.5 Å². The summed E-state index contributed by atoms with van der Waals surface area (Å²) in [7, 11) is 0. The number of nitrogens with zero attached hydrogens (tertiary/aromatic N) is 2. The van der Waals surface area contributed by atoms with Crippen molar-refractivity contribution in [1.82, 2.24) is 0 Å². The smallest absolute Gasteiger partial charge is 0.306 e. The number of nitriles is 2. The summed E-state index contributed by atoms with van der Waals surface area (Å²) in [6, 6.07) is 4.05. The van der Waals surface area contributed by atoms with Crippen LogP contribution in [0.15, 0.2) is 0 Å². The molecule has 0 rings (SSSR count). The van der Waals surface area contributed by atoms with Gasteiger partial charge in [0.15, 0.2) is 13.2 Å². The van der Waals surface area contributed by atoms with E-state index in [1.165, 1.54) is 0 Å². The molecule has 0 aliphatic rings. The lowest BCUT2D eigenvalue weighted by atomic mass is 10.2. The zero-order chi connectivity index (χ0) is 18.6. The number of carbonyl (C=O) groups is 2. The first-order valence-electron chi connectivity index (χ1n) is 8.17. The van der Waals surface area contributed by atoms with Crippen LogP contribution in [0.4, 0.5) is 0 Å². The minimum atomic E-state index is -0.406. The molecule has 0 amide bonds. The molecule has 132 valence electrons. The maximum absolute atomic E-state index is 11.4. The maximum Gasteiger partial charge on any atom is 0.306 e. The summed E-state index contributed by atoms with van der Waals surface area (Å²) in [5, 5.41) is 16.7. The summed E-state index contributed by atoms with van der Waals surface area (Å²) in [6.07, 6.45) is 4.19. The fourth-order valence-corrected chi connectivity index (χ4v) is 1.55. The van der Waals surface area contributed by atoms with Gasteiger partial charge in [0.2, 0.25) is 0 Å². The van der Waals surface area contributed by atoms with E-state index in [0.29, 0.717) is 44.9 Å². The minimum Gasteiger partial charge on any atom is -0.452 e. The van der Waals surface area contributed by atoms with Gasteiger partial charge in [-0.3, -0.25) is 9.59 Å². The van der Waals surface area contributed by atoms with E-state index < -0.39 is 11.9 Å². The van der Waals surface area contributed by atoms with Gasteiger partial charge in [0.25, 0.3) is 0 Å². The van der Waals surface area contributed by atoms with Gasteiger partial charge in [-0.15, -0.1) is 0 Å². The Kier molecular flexibility index (Phi) is 15.3. The lowest BCUT2D eigenvalue weighted by Crippen LogP contribution is -2.08. The normalized spacial score (nSPS) is 8.56. The molecule has 25 heavy (non-hydrogen) atoms. The number of unbranched alkanes of at least 4 members (excludes halogenated alkanes) is 4. The number of rotatable bonds is 10. The Morgan fingerprint density at radius 3 is 1.48 bits per heavy atom. The van der Waals surface area contributed by atoms with Gasteiger partial charge in [-0.1, -0.05) is 23.7 Å². The van der Waals surface area contributed by atoms with Crippen LogP contribution < -0.4 is 0 Å². The summed E-state index contributed by atoms with van der Waals surface area (Å²) in [6.45, 7) is 0.0500.